The van der Waals surface area contributed by atoms with E-state index in [1.54, 1.807) is 6.92 Å². The molecule has 1 aliphatic carbocycles. The van der Waals surface area contributed by atoms with Crippen LogP contribution >= 0.6 is 0 Å². The van der Waals surface area contributed by atoms with E-state index in [2.05, 4.69) is 15.6 Å². The maximum atomic E-state index is 11.4. The predicted octanol–water partition coefficient (Wildman–Crippen LogP) is -0.437. The van der Waals surface area contributed by atoms with Crippen molar-refractivity contribution in [1.29, 1.82) is 0 Å². The van der Waals surface area contributed by atoms with E-state index in [1.807, 2.05) is 0 Å². The van der Waals surface area contributed by atoms with Gasteiger partial charge in [-0.3, -0.25) is 4.79 Å². The Morgan fingerprint density at radius 3 is 2.75 bits per heavy atom. The van der Waals surface area contributed by atoms with E-state index in [1.165, 1.54) is 4.68 Å². The number of aromatic carboxylic acids is 1. The third-order valence-electron chi connectivity index (χ3n) is 2.42. The van der Waals surface area contributed by atoms with Gasteiger partial charge in [0.1, 0.15) is 6.54 Å². The molecule has 0 atom stereocenters. The number of hydrogen-bond acceptors (Lipinski definition) is 4. The molecule has 7 heteroatoms. The maximum absolute atomic E-state index is 11.4. The average molecular weight is 224 g/mol. The summed E-state index contributed by atoms with van der Waals surface area (Å²) < 4.78 is 1.29. The Morgan fingerprint density at radius 2 is 2.25 bits per heavy atom. The van der Waals surface area contributed by atoms with Crippen LogP contribution in [-0.4, -0.2) is 38.0 Å². The lowest BCUT2D eigenvalue weighted by molar-refractivity contribution is -0.122. The first-order chi connectivity index (χ1) is 7.58. The monoisotopic (exact) mass is 224 g/mol. The van der Waals surface area contributed by atoms with Gasteiger partial charge in [0.25, 0.3) is 0 Å². The Bertz CT molecular complexity index is 436. The Balaban J connectivity index is 2.03. The fraction of sp³-hybridized carbons (Fsp3) is 0.556. The lowest BCUT2D eigenvalue weighted by Crippen LogP contribution is -2.30. The molecule has 1 amide bonds. The Morgan fingerprint density at radius 1 is 1.56 bits per heavy atom. The third-order valence-corrected chi connectivity index (χ3v) is 2.42. The molecule has 1 saturated carbocycles. The number of rotatable bonds is 4. The quantitative estimate of drug-likeness (QED) is 0.722. The largest absolute Gasteiger partial charge is 0.476 e. The van der Waals surface area contributed by atoms with Crippen molar-refractivity contribution in [2.24, 2.45) is 0 Å². The molecular formula is C9H12N4O3. The molecule has 1 aromatic rings. The highest BCUT2D eigenvalue weighted by Gasteiger charge is 2.24. The van der Waals surface area contributed by atoms with Crippen molar-refractivity contribution < 1.29 is 14.7 Å². The minimum absolute atomic E-state index is 0.0165. The molecular weight excluding hydrogens is 212 g/mol. The van der Waals surface area contributed by atoms with Crippen LogP contribution in [0.3, 0.4) is 0 Å². The maximum Gasteiger partial charge on any atom is 0.358 e. The van der Waals surface area contributed by atoms with Gasteiger partial charge in [0.05, 0.1) is 5.69 Å². The van der Waals surface area contributed by atoms with Crippen LogP contribution in [0, 0.1) is 6.92 Å². The van der Waals surface area contributed by atoms with Gasteiger partial charge < -0.3 is 10.4 Å². The molecule has 0 unspecified atom stereocenters. The minimum Gasteiger partial charge on any atom is -0.476 e. The SMILES string of the molecule is Cc1c(C(=O)O)nnn1CC(=O)NC1CC1. The second-order valence-electron chi connectivity index (χ2n) is 3.83. The standard InChI is InChI=1S/C9H12N4O3/c1-5-8(9(15)16)11-12-13(5)4-7(14)10-6-2-3-6/h6H,2-4H2,1H3,(H,10,14)(H,15,16). The Hall–Kier alpha value is -1.92. The molecule has 1 aliphatic rings. The number of carboxylic acid groups (broad SMARTS) is 1. The highest BCUT2D eigenvalue weighted by molar-refractivity contribution is 5.86. The van der Waals surface area contributed by atoms with E-state index in [0.29, 0.717) is 5.69 Å². The fourth-order valence-electron chi connectivity index (χ4n) is 1.35. The molecule has 0 bridgehead atoms. The molecule has 0 spiro atoms. The highest BCUT2D eigenvalue weighted by atomic mass is 16.4. The summed E-state index contributed by atoms with van der Waals surface area (Å²) in [7, 11) is 0. The molecule has 86 valence electrons. The number of amides is 1. The van der Waals surface area contributed by atoms with Gasteiger partial charge in [-0.2, -0.15) is 0 Å². The molecule has 0 aliphatic heterocycles. The molecule has 1 fully saturated rings. The summed E-state index contributed by atoms with van der Waals surface area (Å²) in [6.07, 6.45) is 2.03. The van der Waals surface area contributed by atoms with E-state index in [-0.39, 0.29) is 24.2 Å². The molecule has 2 N–H and O–H groups in total. The van der Waals surface area contributed by atoms with Gasteiger partial charge in [0.2, 0.25) is 5.91 Å². The summed E-state index contributed by atoms with van der Waals surface area (Å²) in [4.78, 5) is 22.1. The third kappa shape index (κ3) is 2.18. The molecule has 0 aromatic carbocycles. The van der Waals surface area contributed by atoms with Crippen molar-refractivity contribution in [1.82, 2.24) is 20.3 Å². The zero-order valence-electron chi connectivity index (χ0n) is 8.80. The number of nitrogens with zero attached hydrogens (tertiary/aromatic N) is 3. The zero-order chi connectivity index (χ0) is 11.7. The van der Waals surface area contributed by atoms with Crippen LogP contribution in [0.5, 0.6) is 0 Å². The first-order valence-corrected chi connectivity index (χ1v) is 5.00. The Labute approximate surface area is 91.4 Å². The van der Waals surface area contributed by atoms with E-state index in [9.17, 15) is 9.59 Å². The first kappa shape index (κ1) is 10.6. The average Bonchev–Trinajstić information content (AvgIpc) is 2.92. The van der Waals surface area contributed by atoms with Crippen LogP contribution in [0.2, 0.25) is 0 Å². The molecule has 7 nitrogen and oxygen atoms in total. The second kappa shape index (κ2) is 3.92. The summed E-state index contributed by atoms with van der Waals surface area (Å²) in [5, 5.41) is 18.7. The molecule has 1 heterocycles. The summed E-state index contributed by atoms with van der Waals surface area (Å²) in [6.45, 7) is 1.59. The van der Waals surface area contributed by atoms with Crippen LogP contribution in [0.1, 0.15) is 29.0 Å². The number of aromatic nitrogens is 3. The van der Waals surface area contributed by atoms with Crippen molar-refractivity contribution in [3.8, 4) is 0 Å². The van der Waals surface area contributed by atoms with Gasteiger partial charge in [0.15, 0.2) is 5.69 Å². The van der Waals surface area contributed by atoms with Crippen LogP contribution in [0.4, 0.5) is 0 Å². The highest BCUT2D eigenvalue weighted by Crippen LogP contribution is 2.18. The van der Waals surface area contributed by atoms with Crippen molar-refractivity contribution >= 4 is 11.9 Å². The van der Waals surface area contributed by atoms with Gasteiger partial charge in [-0.15, -0.1) is 5.10 Å². The van der Waals surface area contributed by atoms with Crippen LogP contribution in [0.25, 0.3) is 0 Å². The number of nitrogens with one attached hydrogen (secondary N) is 1. The summed E-state index contributed by atoms with van der Waals surface area (Å²) >= 11 is 0. The van der Waals surface area contributed by atoms with Crippen LogP contribution in [0.15, 0.2) is 0 Å². The predicted molar refractivity (Wildman–Crippen MR) is 52.9 cm³/mol. The number of carbonyl (C=O) groups is 2. The van der Waals surface area contributed by atoms with Gasteiger partial charge in [-0.25, -0.2) is 9.48 Å². The van der Waals surface area contributed by atoms with Gasteiger partial charge in [0, 0.05) is 6.04 Å². The molecule has 2 rings (SSSR count). The molecule has 1 aromatic heterocycles. The molecule has 16 heavy (non-hydrogen) atoms. The molecule has 0 saturated heterocycles. The van der Waals surface area contributed by atoms with E-state index in [0.717, 1.165) is 12.8 Å². The number of carboxylic acids is 1. The lowest BCUT2D eigenvalue weighted by atomic mass is 10.3. The van der Waals surface area contributed by atoms with Crippen molar-refractivity contribution in [2.75, 3.05) is 0 Å². The van der Waals surface area contributed by atoms with Gasteiger partial charge >= 0.3 is 5.97 Å². The smallest absolute Gasteiger partial charge is 0.358 e. The minimum atomic E-state index is -1.13. The van der Waals surface area contributed by atoms with Gasteiger partial charge in [-0.1, -0.05) is 5.21 Å². The van der Waals surface area contributed by atoms with E-state index >= 15 is 0 Å². The fourth-order valence-corrected chi connectivity index (χ4v) is 1.35. The van der Waals surface area contributed by atoms with Crippen LogP contribution in [-0.2, 0) is 11.3 Å². The van der Waals surface area contributed by atoms with E-state index in [4.69, 9.17) is 5.11 Å². The summed E-state index contributed by atoms with van der Waals surface area (Å²) in [5.74, 6) is -1.29. The van der Waals surface area contributed by atoms with Crippen molar-refractivity contribution in [3.63, 3.8) is 0 Å². The normalized spacial score (nSPS) is 14.8. The summed E-state index contributed by atoms with van der Waals surface area (Å²) in [6, 6.07) is 0.287. The topological polar surface area (TPSA) is 97.1 Å². The van der Waals surface area contributed by atoms with Crippen molar-refractivity contribution in [3.05, 3.63) is 11.4 Å². The van der Waals surface area contributed by atoms with Gasteiger partial charge in [-0.05, 0) is 19.8 Å². The number of hydrogen-bond donors (Lipinski definition) is 2. The number of carbonyl (C=O) groups excluding carboxylic acids is 1. The second-order valence-corrected chi connectivity index (χ2v) is 3.83. The lowest BCUT2D eigenvalue weighted by Gasteiger charge is -2.04. The Kier molecular flexibility index (Phi) is 2.59. The molecule has 0 radical (unpaired) electrons. The zero-order valence-corrected chi connectivity index (χ0v) is 8.80. The van der Waals surface area contributed by atoms with Crippen molar-refractivity contribution in [2.45, 2.75) is 32.4 Å². The first-order valence-electron chi connectivity index (χ1n) is 5.00. The van der Waals surface area contributed by atoms with E-state index < -0.39 is 5.97 Å². The summed E-state index contributed by atoms with van der Waals surface area (Å²) in [5.41, 5.74) is 0.276. The van der Waals surface area contributed by atoms with Crippen LogP contribution < -0.4 is 5.32 Å².